The van der Waals surface area contributed by atoms with Crippen LogP contribution in [0.3, 0.4) is 0 Å². The summed E-state index contributed by atoms with van der Waals surface area (Å²) in [4.78, 5) is 13.9. The molecule has 3 N–H and O–H groups in total. The number of aryl methyl sites for hydroxylation is 1. The highest BCUT2D eigenvalue weighted by Crippen LogP contribution is 2.28. The van der Waals surface area contributed by atoms with E-state index in [4.69, 9.17) is 12.2 Å². The number of carbonyl (C=O) groups excluding carboxylic acids is 1. The van der Waals surface area contributed by atoms with Crippen LogP contribution in [0.5, 0.6) is 0 Å². The van der Waals surface area contributed by atoms with E-state index in [1.807, 2.05) is 38.4 Å². The normalized spacial score (nSPS) is 11.5. The summed E-state index contributed by atoms with van der Waals surface area (Å²) in [5, 5.41) is 8.87. The Kier molecular flexibility index (Phi) is 5.66. The Morgan fingerprint density at radius 1 is 1.25 bits per heavy atom. The monoisotopic (exact) mass is 419 g/mol. The highest BCUT2D eigenvalue weighted by molar-refractivity contribution is 7.80. The van der Waals surface area contributed by atoms with Gasteiger partial charge >= 0.3 is 0 Å². The first-order valence-corrected chi connectivity index (χ1v) is 9.95. The zero-order valence-electron chi connectivity index (χ0n) is 16.1. The molecule has 2 aromatic heterocycles. The van der Waals surface area contributed by atoms with Crippen LogP contribution >= 0.6 is 23.6 Å². The van der Waals surface area contributed by atoms with Crippen molar-refractivity contribution in [2.24, 2.45) is 0 Å². The Bertz CT molecular complexity index is 1020. The van der Waals surface area contributed by atoms with Crippen LogP contribution in [0.15, 0.2) is 30.3 Å². The molecule has 2 heterocycles. The van der Waals surface area contributed by atoms with E-state index in [9.17, 15) is 9.18 Å². The number of hydrazine groups is 1. The largest absolute Gasteiger partial charge is 0.357 e. The molecule has 0 unspecified atom stereocenters. The minimum Gasteiger partial charge on any atom is -0.357 e. The molecule has 0 aliphatic heterocycles. The molecule has 0 saturated carbocycles. The standard InChI is InChI=1S/C19H22FN5OS2/c1-11-14-9-15(16(26)22-23-18(27)21-19(2,3)4)28-17(14)25(24-11)10-12-5-7-13(20)8-6-12/h5-9H,10H2,1-4H3,(H,22,26)(H2,21,23,27). The van der Waals surface area contributed by atoms with Gasteiger partial charge in [0.2, 0.25) is 0 Å². The topological polar surface area (TPSA) is 71.0 Å². The van der Waals surface area contributed by atoms with E-state index in [2.05, 4.69) is 21.3 Å². The number of benzene rings is 1. The average Bonchev–Trinajstić information content (AvgIpc) is 3.15. The molecule has 0 saturated heterocycles. The maximum Gasteiger partial charge on any atom is 0.279 e. The maximum absolute atomic E-state index is 13.1. The quantitative estimate of drug-likeness (QED) is 0.448. The van der Waals surface area contributed by atoms with Gasteiger partial charge in [-0.05, 0) is 63.7 Å². The number of carbonyl (C=O) groups is 1. The first-order valence-electron chi connectivity index (χ1n) is 8.72. The summed E-state index contributed by atoms with van der Waals surface area (Å²) in [6.45, 7) is 8.34. The van der Waals surface area contributed by atoms with Gasteiger partial charge in [-0.15, -0.1) is 11.3 Å². The summed E-state index contributed by atoms with van der Waals surface area (Å²) in [5.74, 6) is -0.543. The number of hydrogen-bond acceptors (Lipinski definition) is 4. The zero-order chi connectivity index (χ0) is 20.5. The van der Waals surface area contributed by atoms with Crippen molar-refractivity contribution in [3.63, 3.8) is 0 Å². The molecule has 148 valence electrons. The van der Waals surface area contributed by atoms with Gasteiger partial charge in [-0.25, -0.2) is 4.39 Å². The second kappa shape index (κ2) is 7.84. The Morgan fingerprint density at radius 2 is 1.93 bits per heavy atom. The van der Waals surface area contributed by atoms with Gasteiger partial charge in [0.05, 0.1) is 17.1 Å². The van der Waals surface area contributed by atoms with Crippen molar-refractivity contribution < 1.29 is 9.18 Å². The number of rotatable bonds is 3. The van der Waals surface area contributed by atoms with Crippen LogP contribution in [0.25, 0.3) is 10.2 Å². The summed E-state index contributed by atoms with van der Waals surface area (Å²) in [7, 11) is 0. The van der Waals surface area contributed by atoms with Crippen molar-refractivity contribution in [1.82, 2.24) is 25.9 Å². The third kappa shape index (κ3) is 4.85. The molecule has 0 aliphatic rings. The Labute approximate surface area is 172 Å². The number of nitrogens with one attached hydrogen (secondary N) is 3. The highest BCUT2D eigenvalue weighted by atomic mass is 32.1. The molecule has 6 nitrogen and oxygen atoms in total. The minimum atomic E-state index is -0.271. The fourth-order valence-corrected chi connectivity index (χ4v) is 4.05. The molecule has 0 spiro atoms. The van der Waals surface area contributed by atoms with Crippen molar-refractivity contribution in [3.05, 3.63) is 52.3 Å². The minimum absolute atomic E-state index is 0.201. The van der Waals surface area contributed by atoms with Crippen LogP contribution < -0.4 is 16.2 Å². The third-order valence-electron chi connectivity index (χ3n) is 3.85. The van der Waals surface area contributed by atoms with Crippen LogP contribution in [0.2, 0.25) is 0 Å². The molecule has 0 aliphatic carbocycles. The summed E-state index contributed by atoms with van der Waals surface area (Å²) < 4.78 is 14.9. The van der Waals surface area contributed by atoms with Gasteiger partial charge in [-0.1, -0.05) is 12.1 Å². The van der Waals surface area contributed by atoms with Crippen molar-refractivity contribution in [1.29, 1.82) is 0 Å². The lowest BCUT2D eigenvalue weighted by atomic mass is 10.1. The van der Waals surface area contributed by atoms with E-state index in [-0.39, 0.29) is 17.3 Å². The number of nitrogens with zero attached hydrogens (tertiary/aromatic N) is 2. The van der Waals surface area contributed by atoms with Crippen LogP contribution in [-0.2, 0) is 6.54 Å². The molecule has 0 radical (unpaired) electrons. The second-order valence-electron chi connectivity index (χ2n) is 7.48. The molecule has 9 heteroatoms. The fraction of sp³-hybridized carbons (Fsp3) is 0.316. The average molecular weight is 420 g/mol. The molecule has 28 heavy (non-hydrogen) atoms. The lowest BCUT2D eigenvalue weighted by Crippen LogP contribution is -2.52. The fourth-order valence-electron chi connectivity index (χ4n) is 2.64. The molecular formula is C19H22FN5OS2. The number of thiophene rings is 1. The van der Waals surface area contributed by atoms with Gasteiger partial charge in [-0.2, -0.15) is 5.10 Å². The van der Waals surface area contributed by atoms with E-state index in [1.54, 1.807) is 12.1 Å². The van der Waals surface area contributed by atoms with Gasteiger partial charge in [0.1, 0.15) is 10.6 Å². The lowest BCUT2D eigenvalue weighted by Gasteiger charge is -2.22. The zero-order valence-corrected chi connectivity index (χ0v) is 17.7. The van der Waals surface area contributed by atoms with Crippen LogP contribution in [0.4, 0.5) is 4.39 Å². The molecule has 0 atom stereocenters. The van der Waals surface area contributed by atoms with Crippen LogP contribution in [-0.4, -0.2) is 26.3 Å². The van der Waals surface area contributed by atoms with Gasteiger partial charge in [0.15, 0.2) is 5.11 Å². The Hall–Kier alpha value is -2.52. The molecule has 3 rings (SSSR count). The van der Waals surface area contributed by atoms with Gasteiger partial charge in [-0.3, -0.25) is 20.3 Å². The molecule has 3 aromatic rings. The first-order chi connectivity index (χ1) is 13.1. The van der Waals surface area contributed by atoms with Gasteiger partial charge in [0.25, 0.3) is 5.91 Å². The van der Waals surface area contributed by atoms with Gasteiger partial charge in [0, 0.05) is 10.9 Å². The number of fused-ring (bicyclic) bond motifs is 1. The van der Waals surface area contributed by atoms with E-state index in [1.165, 1.54) is 23.5 Å². The molecule has 1 amide bonds. The van der Waals surface area contributed by atoms with E-state index in [0.29, 0.717) is 16.5 Å². The number of aromatic nitrogens is 2. The summed E-state index contributed by atoms with van der Waals surface area (Å²) in [5.41, 5.74) is 6.90. The highest BCUT2D eigenvalue weighted by Gasteiger charge is 2.17. The lowest BCUT2D eigenvalue weighted by molar-refractivity contribution is 0.0947. The van der Waals surface area contributed by atoms with E-state index in [0.717, 1.165) is 21.5 Å². The van der Waals surface area contributed by atoms with Crippen molar-refractivity contribution in [2.45, 2.75) is 39.8 Å². The predicted octanol–water partition coefficient (Wildman–Crippen LogP) is 3.50. The van der Waals surface area contributed by atoms with Crippen molar-refractivity contribution >= 4 is 44.8 Å². The van der Waals surface area contributed by atoms with Crippen molar-refractivity contribution in [3.8, 4) is 0 Å². The molecular weight excluding hydrogens is 397 g/mol. The molecule has 1 aromatic carbocycles. The van der Waals surface area contributed by atoms with E-state index < -0.39 is 0 Å². The number of halogens is 1. The first kappa shape index (κ1) is 20.2. The second-order valence-corrected chi connectivity index (χ2v) is 8.92. The van der Waals surface area contributed by atoms with Crippen LogP contribution in [0, 0.1) is 12.7 Å². The van der Waals surface area contributed by atoms with Crippen molar-refractivity contribution in [2.75, 3.05) is 0 Å². The number of thiocarbonyl (C=S) groups is 1. The third-order valence-corrected chi connectivity index (χ3v) is 5.21. The smallest absolute Gasteiger partial charge is 0.279 e. The summed E-state index contributed by atoms with van der Waals surface area (Å²) >= 11 is 6.52. The van der Waals surface area contributed by atoms with Gasteiger partial charge < -0.3 is 5.32 Å². The number of amides is 1. The molecule has 0 fully saturated rings. The number of hydrogen-bond donors (Lipinski definition) is 3. The molecule has 0 bridgehead atoms. The predicted molar refractivity (Wildman–Crippen MR) is 114 cm³/mol. The van der Waals surface area contributed by atoms with E-state index >= 15 is 0 Å². The summed E-state index contributed by atoms with van der Waals surface area (Å²) in [6.07, 6.45) is 0. The summed E-state index contributed by atoms with van der Waals surface area (Å²) in [6, 6.07) is 8.13. The SMILES string of the molecule is Cc1nn(Cc2ccc(F)cc2)c2sc(C(=O)NNC(=S)NC(C)(C)C)cc12. The maximum atomic E-state index is 13.1. The van der Waals surface area contributed by atoms with Crippen LogP contribution in [0.1, 0.15) is 41.7 Å². The Morgan fingerprint density at radius 3 is 2.57 bits per heavy atom. The Balaban J connectivity index is 1.74.